The van der Waals surface area contributed by atoms with E-state index >= 15 is 0 Å². The highest BCUT2D eigenvalue weighted by Crippen LogP contribution is 2.43. The number of benzene rings is 5. The number of pyridine rings is 2. The van der Waals surface area contributed by atoms with E-state index in [4.69, 9.17) is 9.97 Å². The Morgan fingerprint density at radius 3 is 1.88 bits per heavy atom. The Bertz CT molecular complexity index is 2230. The third-order valence-electron chi connectivity index (χ3n) is 7.91. The van der Waals surface area contributed by atoms with Crippen molar-refractivity contribution in [3.8, 4) is 11.3 Å². The largest absolute Gasteiger partial charge is 0.309 e. The van der Waals surface area contributed by atoms with Gasteiger partial charge in [-0.15, -0.1) is 0 Å². The van der Waals surface area contributed by atoms with Gasteiger partial charge in [-0.25, -0.2) is 4.98 Å². The number of rotatable bonds is 4. The topological polar surface area (TPSA) is 47.3 Å². The minimum Gasteiger partial charge on any atom is -0.309 e. The van der Waals surface area contributed by atoms with Gasteiger partial charge in [0.1, 0.15) is 5.65 Å². The van der Waals surface area contributed by atoms with Crippen molar-refractivity contribution in [3.63, 3.8) is 0 Å². The molecule has 5 heteroatoms. The zero-order valence-electron chi connectivity index (χ0n) is 22.1. The first kappa shape index (κ1) is 23.8. The normalized spacial score (nSPS) is 12.0. The summed E-state index contributed by atoms with van der Waals surface area (Å²) in [5, 5.41) is 5.71. The van der Waals surface area contributed by atoms with Gasteiger partial charge in [0.25, 0.3) is 0 Å². The molecule has 41 heavy (non-hydrogen) atoms. The van der Waals surface area contributed by atoms with E-state index < -0.39 is 7.14 Å². The average Bonchev–Trinajstić information content (AvgIpc) is 3.45. The molecule has 0 amide bonds. The van der Waals surface area contributed by atoms with Crippen LogP contribution in [0.4, 0.5) is 0 Å². The van der Waals surface area contributed by atoms with Gasteiger partial charge in [-0.2, -0.15) is 0 Å². The molecule has 5 aromatic carbocycles. The minimum atomic E-state index is -3.11. The second kappa shape index (κ2) is 9.26. The number of para-hydroxylation sites is 3. The van der Waals surface area contributed by atoms with Crippen molar-refractivity contribution in [2.45, 2.75) is 0 Å². The molecule has 0 unspecified atom stereocenters. The van der Waals surface area contributed by atoms with Gasteiger partial charge in [0.05, 0.1) is 22.2 Å². The molecule has 4 nitrogen and oxygen atoms in total. The summed E-state index contributed by atoms with van der Waals surface area (Å²) in [5.74, 6) is 0. The summed E-state index contributed by atoms with van der Waals surface area (Å²) in [4.78, 5) is 10.0. The maximum absolute atomic E-state index is 14.9. The van der Waals surface area contributed by atoms with Crippen LogP contribution in [0.5, 0.6) is 0 Å². The van der Waals surface area contributed by atoms with E-state index in [1.165, 1.54) is 0 Å². The first-order chi connectivity index (χ1) is 20.2. The van der Waals surface area contributed by atoms with Gasteiger partial charge in [0.2, 0.25) is 0 Å². The van der Waals surface area contributed by atoms with Crippen molar-refractivity contribution in [1.82, 2.24) is 14.4 Å². The van der Waals surface area contributed by atoms with Crippen molar-refractivity contribution in [2.24, 2.45) is 0 Å². The lowest BCUT2D eigenvalue weighted by molar-refractivity contribution is 0.592. The molecule has 0 saturated heterocycles. The van der Waals surface area contributed by atoms with E-state index in [1.54, 1.807) is 6.20 Å². The Kier molecular flexibility index (Phi) is 5.38. The summed E-state index contributed by atoms with van der Waals surface area (Å²) in [5.41, 5.74) is 5.82. The zero-order chi connectivity index (χ0) is 27.4. The van der Waals surface area contributed by atoms with Crippen molar-refractivity contribution in [2.75, 3.05) is 0 Å². The molecule has 194 valence electrons. The minimum absolute atomic E-state index is 0.711. The summed E-state index contributed by atoms with van der Waals surface area (Å²) >= 11 is 0. The average molecular weight is 546 g/mol. The summed E-state index contributed by atoms with van der Waals surface area (Å²) in [6.07, 6.45) is 1.79. The van der Waals surface area contributed by atoms with Crippen molar-refractivity contribution < 1.29 is 4.57 Å². The van der Waals surface area contributed by atoms with Crippen LogP contribution >= 0.6 is 7.14 Å². The highest BCUT2D eigenvalue weighted by atomic mass is 31.2. The van der Waals surface area contributed by atoms with Crippen LogP contribution in [-0.4, -0.2) is 14.4 Å². The molecule has 0 bridgehead atoms. The lowest BCUT2D eigenvalue weighted by Gasteiger charge is -2.20. The lowest BCUT2D eigenvalue weighted by atomic mass is 10.0. The van der Waals surface area contributed by atoms with Gasteiger partial charge in [-0.05, 0) is 29.7 Å². The highest BCUT2D eigenvalue weighted by Gasteiger charge is 2.30. The first-order valence-electron chi connectivity index (χ1n) is 13.6. The Balaban J connectivity index is 1.39. The third-order valence-corrected chi connectivity index (χ3v) is 10.9. The van der Waals surface area contributed by atoms with E-state index in [1.807, 2.05) is 78.9 Å². The zero-order valence-corrected chi connectivity index (χ0v) is 22.9. The lowest BCUT2D eigenvalue weighted by Crippen LogP contribution is -2.25. The van der Waals surface area contributed by atoms with Crippen LogP contribution in [0.3, 0.4) is 0 Å². The molecule has 0 saturated carbocycles. The highest BCUT2D eigenvalue weighted by molar-refractivity contribution is 7.85. The Morgan fingerprint density at radius 2 is 1.17 bits per heavy atom. The molecule has 3 heterocycles. The molecule has 0 spiro atoms. The van der Waals surface area contributed by atoms with Crippen molar-refractivity contribution in [3.05, 3.63) is 146 Å². The quantitative estimate of drug-likeness (QED) is 0.170. The number of aromatic nitrogens is 3. The van der Waals surface area contributed by atoms with E-state index in [0.717, 1.165) is 60.2 Å². The maximum atomic E-state index is 14.9. The Hall–Kier alpha value is -5.05. The molecule has 0 aliphatic rings. The summed E-state index contributed by atoms with van der Waals surface area (Å²) in [7, 11) is -3.11. The third kappa shape index (κ3) is 3.58. The van der Waals surface area contributed by atoms with Crippen LogP contribution in [0, 0.1) is 0 Å². The predicted octanol–water partition coefficient (Wildman–Crippen LogP) is 7.50. The molecule has 0 N–H and O–H groups in total. The number of hydrogen-bond acceptors (Lipinski definition) is 3. The van der Waals surface area contributed by atoms with Gasteiger partial charge in [0.15, 0.2) is 7.14 Å². The van der Waals surface area contributed by atoms with Crippen LogP contribution in [-0.2, 0) is 4.57 Å². The second-order valence-electron chi connectivity index (χ2n) is 10.2. The van der Waals surface area contributed by atoms with Crippen molar-refractivity contribution >= 4 is 61.4 Å². The van der Waals surface area contributed by atoms with E-state index in [9.17, 15) is 4.57 Å². The Morgan fingerprint density at radius 1 is 0.537 bits per heavy atom. The molecular formula is C36H24N3OP. The Labute approximate surface area is 236 Å². The maximum Gasteiger partial charge on any atom is 0.172 e. The molecule has 8 rings (SSSR count). The van der Waals surface area contributed by atoms with Crippen LogP contribution in [0.25, 0.3) is 49.6 Å². The molecule has 0 fully saturated rings. The fourth-order valence-electron chi connectivity index (χ4n) is 6.01. The molecular weight excluding hydrogens is 521 g/mol. The number of imidazole rings is 1. The van der Waals surface area contributed by atoms with Gasteiger partial charge in [-0.1, -0.05) is 115 Å². The van der Waals surface area contributed by atoms with E-state index in [0.29, 0.717) is 5.30 Å². The summed E-state index contributed by atoms with van der Waals surface area (Å²) in [6, 6.07) is 46.5. The number of nitrogens with zero attached hydrogens (tertiary/aromatic N) is 3. The summed E-state index contributed by atoms with van der Waals surface area (Å²) < 4.78 is 17.1. The molecule has 3 aromatic heterocycles. The SMILES string of the molecule is O=P(c1ccccc1)(c1ccccc1)c1ccc(-c2cccc3c4ccccc4c4nc5ccccc5n4c23)nc1. The van der Waals surface area contributed by atoms with E-state index in [-0.39, 0.29) is 0 Å². The predicted molar refractivity (Wildman–Crippen MR) is 170 cm³/mol. The van der Waals surface area contributed by atoms with Gasteiger partial charge >= 0.3 is 0 Å². The first-order valence-corrected chi connectivity index (χ1v) is 15.3. The molecule has 0 atom stereocenters. The number of hydrogen-bond donors (Lipinski definition) is 0. The molecule has 0 aliphatic carbocycles. The standard InChI is InChI=1S/C36H24N3OP/c40-41(25-12-3-1-4-13-25,26-14-5-2-6-15-26)27-22-23-32(37-24-27)31-19-11-18-29-28-16-7-8-17-30(28)36-38-33-20-9-10-21-34(33)39(36)35(29)31/h1-24H. The second-order valence-corrected chi connectivity index (χ2v) is 13.0. The molecule has 0 aliphatic heterocycles. The van der Waals surface area contributed by atoms with Gasteiger partial charge < -0.3 is 4.57 Å². The monoisotopic (exact) mass is 545 g/mol. The fraction of sp³-hybridized carbons (Fsp3) is 0. The van der Waals surface area contributed by atoms with Crippen molar-refractivity contribution in [1.29, 1.82) is 0 Å². The van der Waals surface area contributed by atoms with Crippen LogP contribution < -0.4 is 15.9 Å². The summed E-state index contributed by atoms with van der Waals surface area (Å²) in [6.45, 7) is 0. The van der Waals surface area contributed by atoms with Crippen LogP contribution in [0.2, 0.25) is 0 Å². The number of fused-ring (bicyclic) bond motifs is 8. The smallest absolute Gasteiger partial charge is 0.172 e. The van der Waals surface area contributed by atoms with E-state index in [2.05, 4.69) is 65.1 Å². The fourth-order valence-corrected chi connectivity index (χ4v) is 8.59. The van der Waals surface area contributed by atoms with Crippen LogP contribution in [0.1, 0.15) is 0 Å². The van der Waals surface area contributed by atoms with Crippen LogP contribution in [0.15, 0.2) is 146 Å². The molecule has 0 radical (unpaired) electrons. The van der Waals surface area contributed by atoms with Gasteiger partial charge in [0, 0.05) is 38.4 Å². The molecule has 8 aromatic rings. The van der Waals surface area contributed by atoms with Gasteiger partial charge in [-0.3, -0.25) is 9.38 Å².